The van der Waals surface area contributed by atoms with Crippen LogP contribution < -0.4 is 14.4 Å². The second-order valence-electron chi connectivity index (χ2n) is 7.25. The van der Waals surface area contributed by atoms with E-state index in [4.69, 9.17) is 4.18 Å². The molecule has 2 N–H and O–H groups in total. The highest BCUT2D eigenvalue weighted by Crippen LogP contribution is 2.17. The average molecular weight is 387 g/mol. The summed E-state index contributed by atoms with van der Waals surface area (Å²) in [5.74, 6) is 0.276. The summed E-state index contributed by atoms with van der Waals surface area (Å²) in [6, 6.07) is 6.75. The Morgan fingerprint density at radius 1 is 1.15 bits per heavy atom. The average Bonchev–Trinajstić information content (AvgIpc) is 2.51. The standard InChI is InChI=1S/C18H31N3O4S/c1-14(2)19-18(22)21(12-11-20(5)6)13-16-7-9-17(10-8-16)25-26(23,24)15(3)4/h7-10,14-15H,11-13H2,1-6H3,(H,19,22)/p+1. The van der Waals surface area contributed by atoms with Crippen LogP contribution in [0.2, 0.25) is 0 Å². The van der Waals surface area contributed by atoms with Gasteiger partial charge in [-0.3, -0.25) is 0 Å². The van der Waals surface area contributed by atoms with Crippen LogP contribution in [0.4, 0.5) is 4.79 Å². The largest absolute Gasteiger partial charge is 0.382 e. The Morgan fingerprint density at radius 3 is 2.19 bits per heavy atom. The Labute approximate surface area is 157 Å². The number of benzene rings is 1. The number of amides is 2. The number of urea groups is 1. The third-order valence-electron chi connectivity index (χ3n) is 3.67. The molecule has 0 unspecified atom stereocenters. The normalized spacial score (nSPS) is 11.9. The molecule has 1 aromatic carbocycles. The maximum Gasteiger partial charge on any atom is 0.318 e. The fourth-order valence-corrected chi connectivity index (χ4v) is 2.62. The van der Waals surface area contributed by atoms with E-state index in [1.807, 2.05) is 27.9 Å². The second-order valence-corrected chi connectivity index (χ2v) is 9.35. The number of likely N-dealkylation sites (N-methyl/N-ethyl adjacent to an activating group) is 1. The lowest BCUT2D eigenvalue weighted by Gasteiger charge is -2.25. The summed E-state index contributed by atoms with van der Waals surface area (Å²) in [6.07, 6.45) is 0. The highest BCUT2D eigenvalue weighted by Gasteiger charge is 2.19. The Morgan fingerprint density at radius 2 is 1.73 bits per heavy atom. The quantitative estimate of drug-likeness (QED) is 0.617. The van der Waals surface area contributed by atoms with Crippen molar-refractivity contribution in [3.8, 4) is 5.75 Å². The Kier molecular flexibility index (Phi) is 8.36. The van der Waals surface area contributed by atoms with Crippen LogP contribution in [0.25, 0.3) is 0 Å². The lowest BCUT2D eigenvalue weighted by atomic mass is 10.2. The zero-order valence-corrected chi connectivity index (χ0v) is 17.4. The Bertz CT molecular complexity index is 670. The highest BCUT2D eigenvalue weighted by atomic mass is 32.2. The first-order valence-corrected chi connectivity index (χ1v) is 10.3. The molecule has 0 saturated heterocycles. The molecule has 1 aromatic rings. The van der Waals surface area contributed by atoms with Gasteiger partial charge in [0, 0.05) is 12.6 Å². The Balaban J connectivity index is 2.82. The van der Waals surface area contributed by atoms with Gasteiger partial charge >= 0.3 is 16.1 Å². The molecule has 0 aliphatic rings. The van der Waals surface area contributed by atoms with Crippen LogP contribution in [0.15, 0.2) is 24.3 Å². The summed E-state index contributed by atoms with van der Waals surface area (Å²) in [4.78, 5) is 15.4. The van der Waals surface area contributed by atoms with Crippen molar-refractivity contribution < 1.29 is 22.3 Å². The van der Waals surface area contributed by atoms with Crippen molar-refractivity contribution in [1.29, 1.82) is 0 Å². The van der Waals surface area contributed by atoms with Crippen LogP contribution >= 0.6 is 0 Å². The predicted molar refractivity (Wildman–Crippen MR) is 103 cm³/mol. The molecule has 7 nitrogen and oxygen atoms in total. The number of rotatable bonds is 9. The minimum atomic E-state index is -3.61. The molecule has 0 aromatic heterocycles. The van der Waals surface area contributed by atoms with Crippen LogP contribution in [0.1, 0.15) is 33.3 Å². The minimum Gasteiger partial charge on any atom is -0.382 e. The van der Waals surface area contributed by atoms with Gasteiger partial charge in [0.1, 0.15) is 5.75 Å². The molecule has 2 amide bonds. The maximum absolute atomic E-state index is 12.4. The number of quaternary nitrogens is 1. The van der Waals surface area contributed by atoms with Crippen LogP contribution in [-0.4, -0.2) is 57.8 Å². The third-order valence-corrected chi connectivity index (χ3v) is 5.25. The zero-order chi connectivity index (χ0) is 19.9. The summed E-state index contributed by atoms with van der Waals surface area (Å²) in [5.41, 5.74) is 0.909. The molecule has 0 atom stereocenters. The van der Waals surface area contributed by atoms with Gasteiger partial charge in [-0.05, 0) is 45.4 Å². The van der Waals surface area contributed by atoms with E-state index >= 15 is 0 Å². The minimum absolute atomic E-state index is 0.0636. The molecule has 8 heteroatoms. The van der Waals surface area contributed by atoms with E-state index in [1.165, 1.54) is 4.90 Å². The number of hydrogen-bond donors (Lipinski definition) is 2. The summed E-state index contributed by atoms with van der Waals surface area (Å²) in [7, 11) is 0.473. The molecule has 0 aliphatic carbocycles. The van der Waals surface area contributed by atoms with Gasteiger partial charge in [0.05, 0.1) is 32.4 Å². The summed E-state index contributed by atoms with van der Waals surface area (Å²) in [6.45, 7) is 8.90. The molecule has 0 radical (unpaired) electrons. The van der Waals surface area contributed by atoms with Gasteiger partial charge in [-0.2, -0.15) is 8.42 Å². The molecule has 0 saturated carbocycles. The van der Waals surface area contributed by atoms with E-state index in [-0.39, 0.29) is 17.8 Å². The van der Waals surface area contributed by atoms with Crippen molar-refractivity contribution in [2.75, 3.05) is 27.2 Å². The van der Waals surface area contributed by atoms with Crippen molar-refractivity contribution in [2.45, 2.75) is 45.5 Å². The van der Waals surface area contributed by atoms with E-state index in [0.29, 0.717) is 13.1 Å². The van der Waals surface area contributed by atoms with Crippen molar-refractivity contribution in [2.24, 2.45) is 0 Å². The molecule has 0 spiro atoms. The molecule has 148 valence electrons. The number of nitrogens with one attached hydrogen (secondary N) is 2. The highest BCUT2D eigenvalue weighted by molar-refractivity contribution is 7.87. The summed E-state index contributed by atoms with van der Waals surface area (Å²) < 4.78 is 28.7. The molecule has 26 heavy (non-hydrogen) atoms. The van der Waals surface area contributed by atoms with E-state index in [9.17, 15) is 13.2 Å². The summed E-state index contributed by atoms with van der Waals surface area (Å²) in [5, 5.41) is 2.31. The third kappa shape index (κ3) is 7.61. The molecule has 1 rings (SSSR count). The first kappa shape index (κ1) is 22.2. The fourth-order valence-electron chi connectivity index (χ4n) is 2.05. The number of carbonyl (C=O) groups excluding carboxylic acids is 1. The first-order chi connectivity index (χ1) is 12.0. The molecular weight excluding hydrogens is 354 g/mol. The lowest BCUT2D eigenvalue weighted by molar-refractivity contribution is -0.857. The number of carbonyl (C=O) groups is 1. The lowest BCUT2D eigenvalue weighted by Crippen LogP contribution is -3.06. The molecule has 0 aliphatic heterocycles. The zero-order valence-electron chi connectivity index (χ0n) is 16.6. The molecule has 0 bridgehead atoms. The number of nitrogens with zero attached hydrogens (tertiary/aromatic N) is 1. The first-order valence-electron chi connectivity index (χ1n) is 8.88. The Hall–Kier alpha value is -1.80. The van der Waals surface area contributed by atoms with Gasteiger partial charge in [0.15, 0.2) is 0 Å². The predicted octanol–water partition coefficient (Wildman–Crippen LogP) is 0.868. The van der Waals surface area contributed by atoms with Crippen molar-refractivity contribution in [1.82, 2.24) is 10.2 Å². The van der Waals surface area contributed by atoms with Gasteiger partial charge in [0.2, 0.25) is 0 Å². The maximum atomic E-state index is 12.4. The van der Waals surface area contributed by atoms with Gasteiger partial charge in [-0.15, -0.1) is 0 Å². The van der Waals surface area contributed by atoms with E-state index in [1.54, 1.807) is 43.0 Å². The van der Waals surface area contributed by atoms with E-state index in [2.05, 4.69) is 5.32 Å². The monoisotopic (exact) mass is 386 g/mol. The van der Waals surface area contributed by atoms with Crippen LogP contribution in [0.3, 0.4) is 0 Å². The van der Waals surface area contributed by atoms with E-state index in [0.717, 1.165) is 12.1 Å². The summed E-state index contributed by atoms with van der Waals surface area (Å²) >= 11 is 0. The van der Waals surface area contributed by atoms with Crippen molar-refractivity contribution in [3.05, 3.63) is 29.8 Å². The van der Waals surface area contributed by atoms with Crippen LogP contribution in [0.5, 0.6) is 5.75 Å². The van der Waals surface area contributed by atoms with E-state index < -0.39 is 15.4 Å². The van der Waals surface area contributed by atoms with Gasteiger partial charge in [0.25, 0.3) is 0 Å². The van der Waals surface area contributed by atoms with Crippen molar-refractivity contribution in [3.63, 3.8) is 0 Å². The molecular formula is C18H32N3O4S+. The van der Waals surface area contributed by atoms with Crippen molar-refractivity contribution >= 4 is 16.1 Å². The fraction of sp³-hybridized carbons (Fsp3) is 0.611. The van der Waals surface area contributed by atoms with Gasteiger partial charge in [-0.25, -0.2) is 4.79 Å². The van der Waals surface area contributed by atoms with Gasteiger partial charge in [-0.1, -0.05) is 12.1 Å². The SMILES string of the molecule is CC(C)NC(=O)N(CC[NH+](C)C)Cc1ccc(OS(=O)(=O)C(C)C)cc1. The molecule has 0 heterocycles. The van der Waals surface area contributed by atoms with Gasteiger partial charge < -0.3 is 19.3 Å². The topological polar surface area (TPSA) is 80.2 Å². The number of hydrogen-bond acceptors (Lipinski definition) is 4. The second kappa shape index (κ2) is 9.78. The van der Waals surface area contributed by atoms with Crippen LogP contribution in [0, 0.1) is 0 Å². The van der Waals surface area contributed by atoms with Crippen LogP contribution in [-0.2, 0) is 16.7 Å². The smallest absolute Gasteiger partial charge is 0.318 e. The molecule has 0 fully saturated rings.